The number of hydrogen-bond acceptors (Lipinski definition) is 0. The summed E-state index contributed by atoms with van der Waals surface area (Å²) < 4.78 is 0. The van der Waals surface area contributed by atoms with Crippen molar-refractivity contribution in [2.75, 3.05) is 0 Å². The highest BCUT2D eigenvalue weighted by Gasteiger charge is 2.42. The molecule has 0 amide bonds. The van der Waals surface area contributed by atoms with Crippen LogP contribution in [0.1, 0.15) is 133 Å². The lowest BCUT2D eigenvalue weighted by Gasteiger charge is -2.48. The van der Waals surface area contributed by atoms with E-state index >= 15 is 0 Å². The topological polar surface area (TPSA) is 0 Å². The minimum absolute atomic E-state index is 0.466. The maximum Gasteiger partial charge on any atom is -0.0295 e. The Bertz CT molecular complexity index is 395. The molecular formula is C28H56. The lowest BCUT2D eigenvalue weighted by Crippen LogP contribution is -2.41. The fourth-order valence-corrected chi connectivity index (χ4v) is 6.86. The van der Waals surface area contributed by atoms with Crippen LogP contribution in [-0.4, -0.2) is 0 Å². The van der Waals surface area contributed by atoms with E-state index in [1.54, 1.807) is 0 Å². The smallest absolute Gasteiger partial charge is 0.0295 e. The molecule has 0 nitrogen and oxygen atoms in total. The Hall–Kier alpha value is 0. The summed E-state index contributed by atoms with van der Waals surface area (Å²) in [6.45, 7) is 22.8. The van der Waals surface area contributed by atoms with Gasteiger partial charge in [0.1, 0.15) is 0 Å². The van der Waals surface area contributed by atoms with Crippen molar-refractivity contribution < 1.29 is 0 Å². The summed E-state index contributed by atoms with van der Waals surface area (Å²) in [7, 11) is 0. The molecule has 0 aliphatic heterocycles. The molecule has 0 aromatic heterocycles. The van der Waals surface area contributed by atoms with Crippen molar-refractivity contribution in [2.24, 2.45) is 46.8 Å². The maximum absolute atomic E-state index is 2.64. The highest BCUT2D eigenvalue weighted by Crippen LogP contribution is 2.50. The summed E-state index contributed by atoms with van der Waals surface area (Å²) in [5, 5.41) is 0. The van der Waals surface area contributed by atoms with Gasteiger partial charge in [0.25, 0.3) is 0 Å². The predicted octanol–water partition coefficient (Wildman–Crippen LogP) is 9.77. The van der Waals surface area contributed by atoms with Crippen LogP contribution >= 0.6 is 0 Å². The van der Waals surface area contributed by atoms with Crippen LogP contribution in [0, 0.1) is 46.8 Å². The molecule has 0 saturated heterocycles. The lowest BCUT2D eigenvalue weighted by molar-refractivity contribution is 0.00799. The van der Waals surface area contributed by atoms with E-state index in [-0.39, 0.29) is 0 Å². The molecule has 0 bridgehead atoms. The zero-order valence-electron chi connectivity index (χ0n) is 21.3. The Morgan fingerprint density at radius 2 is 1.54 bits per heavy atom. The third-order valence-electron chi connectivity index (χ3n) is 9.29. The first kappa shape index (κ1) is 26.0. The summed E-state index contributed by atoms with van der Waals surface area (Å²) in [4.78, 5) is 0. The molecule has 0 heteroatoms. The molecule has 168 valence electrons. The van der Waals surface area contributed by atoms with E-state index in [1.165, 1.54) is 70.6 Å². The van der Waals surface area contributed by atoms with E-state index in [0.717, 1.165) is 41.4 Å². The monoisotopic (exact) mass is 392 g/mol. The largest absolute Gasteiger partial charge is 0.0654 e. The first-order chi connectivity index (χ1) is 13.2. The zero-order chi connectivity index (χ0) is 21.3. The summed E-state index contributed by atoms with van der Waals surface area (Å²) >= 11 is 0. The van der Waals surface area contributed by atoms with Crippen LogP contribution in [0.25, 0.3) is 0 Å². The van der Waals surface area contributed by atoms with Gasteiger partial charge in [0.2, 0.25) is 0 Å². The Labute approximate surface area is 180 Å². The normalized spacial score (nSPS) is 32.9. The van der Waals surface area contributed by atoms with Crippen LogP contribution in [0.2, 0.25) is 0 Å². The molecule has 0 spiro atoms. The van der Waals surface area contributed by atoms with Crippen molar-refractivity contribution >= 4 is 0 Å². The van der Waals surface area contributed by atoms with Gasteiger partial charge in [-0.2, -0.15) is 0 Å². The molecule has 1 aliphatic carbocycles. The predicted molar refractivity (Wildman–Crippen MR) is 129 cm³/mol. The third kappa shape index (κ3) is 7.05. The number of rotatable bonds is 8. The van der Waals surface area contributed by atoms with Crippen molar-refractivity contribution in [1.29, 1.82) is 0 Å². The second-order valence-electron chi connectivity index (χ2n) is 11.4. The van der Waals surface area contributed by atoms with Crippen molar-refractivity contribution in [1.82, 2.24) is 0 Å². The van der Waals surface area contributed by atoms with Crippen LogP contribution in [0.3, 0.4) is 0 Å². The van der Waals surface area contributed by atoms with Crippen LogP contribution in [0.4, 0.5) is 0 Å². The molecule has 0 heterocycles. The first-order valence-electron chi connectivity index (χ1n) is 13.2. The summed E-state index contributed by atoms with van der Waals surface area (Å²) in [6, 6.07) is 0. The second kappa shape index (κ2) is 12.6. The van der Waals surface area contributed by atoms with E-state index in [2.05, 4.69) is 62.3 Å². The fourth-order valence-electron chi connectivity index (χ4n) is 6.86. The number of unbranched alkanes of at least 4 members (excludes halogenated alkanes) is 1. The molecule has 0 aromatic rings. The van der Waals surface area contributed by atoms with Crippen LogP contribution in [-0.2, 0) is 0 Å². The van der Waals surface area contributed by atoms with E-state index in [9.17, 15) is 0 Å². The first-order valence-corrected chi connectivity index (χ1v) is 13.2. The molecule has 7 atom stereocenters. The Kier molecular flexibility index (Phi) is 11.8. The van der Waals surface area contributed by atoms with E-state index < -0.39 is 0 Å². The summed E-state index contributed by atoms with van der Waals surface area (Å²) in [6.07, 6.45) is 15.6. The van der Waals surface area contributed by atoms with Crippen molar-refractivity contribution in [2.45, 2.75) is 133 Å². The Morgan fingerprint density at radius 1 is 0.893 bits per heavy atom. The highest BCUT2D eigenvalue weighted by molar-refractivity contribution is 4.92. The Morgan fingerprint density at radius 3 is 2.11 bits per heavy atom. The van der Waals surface area contributed by atoms with Gasteiger partial charge in [-0.1, -0.05) is 120 Å². The highest BCUT2D eigenvalue weighted by atomic mass is 14.5. The fraction of sp³-hybridized carbons (Fsp3) is 1.00. The molecule has 0 radical (unpaired) electrons. The molecule has 7 unspecified atom stereocenters. The molecule has 1 fully saturated rings. The molecule has 28 heavy (non-hydrogen) atoms. The average molecular weight is 393 g/mol. The van der Waals surface area contributed by atoms with Gasteiger partial charge in [-0.25, -0.2) is 0 Å². The SMILES string of the molecule is CCCCC(C)C(C)C(C)C1CCCCCC(C)CC(CC)C(C)(C)C1CC. The van der Waals surface area contributed by atoms with Gasteiger partial charge in [-0.15, -0.1) is 0 Å². The average Bonchev–Trinajstić information content (AvgIpc) is 2.68. The molecule has 1 aliphatic rings. The third-order valence-corrected chi connectivity index (χ3v) is 9.29. The van der Waals surface area contributed by atoms with Gasteiger partial charge in [0, 0.05) is 0 Å². The minimum Gasteiger partial charge on any atom is -0.0654 e. The molecule has 1 saturated carbocycles. The van der Waals surface area contributed by atoms with E-state index in [4.69, 9.17) is 0 Å². The second-order valence-corrected chi connectivity index (χ2v) is 11.4. The quantitative estimate of drug-likeness (QED) is 0.385. The number of hydrogen-bond donors (Lipinski definition) is 0. The van der Waals surface area contributed by atoms with Gasteiger partial charge in [0.15, 0.2) is 0 Å². The van der Waals surface area contributed by atoms with Gasteiger partial charge in [0.05, 0.1) is 0 Å². The van der Waals surface area contributed by atoms with Gasteiger partial charge < -0.3 is 0 Å². The zero-order valence-corrected chi connectivity index (χ0v) is 21.3. The van der Waals surface area contributed by atoms with E-state index in [0.29, 0.717) is 5.41 Å². The van der Waals surface area contributed by atoms with Gasteiger partial charge in [-0.3, -0.25) is 0 Å². The van der Waals surface area contributed by atoms with Gasteiger partial charge >= 0.3 is 0 Å². The van der Waals surface area contributed by atoms with Crippen molar-refractivity contribution in [3.05, 3.63) is 0 Å². The molecule has 1 rings (SSSR count). The lowest BCUT2D eigenvalue weighted by atomic mass is 9.57. The molecule has 0 N–H and O–H groups in total. The van der Waals surface area contributed by atoms with E-state index in [1.807, 2.05) is 0 Å². The van der Waals surface area contributed by atoms with Crippen molar-refractivity contribution in [3.63, 3.8) is 0 Å². The van der Waals surface area contributed by atoms with Crippen molar-refractivity contribution in [3.8, 4) is 0 Å². The summed E-state index contributed by atoms with van der Waals surface area (Å²) in [5.41, 5.74) is 0.466. The standard InChI is InChI=1S/C28H56/c1-10-13-18-22(5)23(6)24(7)26-19-16-14-15-17-21(4)20-25(11-2)28(8,9)27(26)12-3/h21-27H,10-20H2,1-9H3. The van der Waals surface area contributed by atoms with Crippen LogP contribution in [0.5, 0.6) is 0 Å². The molecular weight excluding hydrogens is 336 g/mol. The Balaban J connectivity index is 3.12. The minimum atomic E-state index is 0.466. The molecule has 0 aromatic carbocycles. The van der Waals surface area contributed by atoms with Crippen LogP contribution in [0.15, 0.2) is 0 Å². The van der Waals surface area contributed by atoms with Gasteiger partial charge in [-0.05, 0) is 59.7 Å². The van der Waals surface area contributed by atoms with Crippen LogP contribution < -0.4 is 0 Å². The summed E-state index contributed by atoms with van der Waals surface area (Å²) in [5.74, 6) is 6.14. The maximum atomic E-state index is 2.64.